The minimum atomic E-state index is -0.483. The summed E-state index contributed by atoms with van der Waals surface area (Å²) >= 11 is 0.958. The zero-order valence-electron chi connectivity index (χ0n) is 12.2. The van der Waals surface area contributed by atoms with Gasteiger partial charge in [0.1, 0.15) is 6.20 Å². The van der Waals surface area contributed by atoms with Crippen LogP contribution in [0, 0.1) is 10.1 Å². The molecule has 0 aliphatic heterocycles. The molecule has 0 saturated carbocycles. The highest BCUT2D eigenvalue weighted by molar-refractivity contribution is 7.18. The van der Waals surface area contributed by atoms with Gasteiger partial charge < -0.3 is 5.32 Å². The van der Waals surface area contributed by atoms with Crippen molar-refractivity contribution < 1.29 is 4.92 Å². The molecule has 118 valence electrons. The molecule has 3 aromatic rings. The first-order valence-electron chi connectivity index (χ1n) is 6.86. The van der Waals surface area contributed by atoms with E-state index in [1.807, 2.05) is 25.1 Å². The molecule has 2 heterocycles. The molecule has 1 aromatic carbocycles. The lowest BCUT2D eigenvalue weighted by Crippen LogP contribution is -2.31. The third-order valence-corrected chi connectivity index (χ3v) is 4.13. The molecule has 1 atom stereocenters. The lowest BCUT2D eigenvalue weighted by Gasteiger charge is -2.13. The fourth-order valence-corrected chi connectivity index (χ4v) is 2.93. The van der Waals surface area contributed by atoms with E-state index in [9.17, 15) is 14.9 Å². The van der Waals surface area contributed by atoms with Gasteiger partial charge in [-0.1, -0.05) is 18.2 Å². The number of hydrogen-bond acceptors (Lipinski definition) is 7. The predicted octanol–water partition coefficient (Wildman–Crippen LogP) is 2.26. The third-order valence-electron chi connectivity index (χ3n) is 3.25. The highest BCUT2D eigenvalue weighted by Crippen LogP contribution is 2.25. The van der Waals surface area contributed by atoms with Crippen LogP contribution in [0.4, 0.5) is 10.1 Å². The first-order chi connectivity index (χ1) is 11.0. The van der Waals surface area contributed by atoms with Crippen molar-refractivity contribution in [1.82, 2.24) is 14.8 Å². The Hall–Kier alpha value is -2.81. The van der Waals surface area contributed by atoms with Crippen molar-refractivity contribution in [2.45, 2.75) is 19.5 Å². The van der Waals surface area contributed by atoms with Crippen LogP contribution in [0.2, 0.25) is 0 Å². The van der Waals surface area contributed by atoms with Gasteiger partial charge in [-0.05, 0) is 24.3 Å². The molecule has 0 aliphatic rings. The molecule has 23 heavy (non-hydrogen) atoms. The molecule has 0 aliphatic carbocycles. The Morgan fingerprint density at radius 2 is 2.17 bits per heavy atom. The van der Waals surface area contributed by atoms with Crippen LogP contribution in [0.15, 0.2) is 41.5 Å². The van der Waals surface area contributed by atoms with Crippen LogP contribution < -0.4 is 10.9 Å². The van der Waals surface area contributed by atoms with Gasteiger partial charge in [-0.15, -0.1) is 0 Å². The van der Waals surface area contributed by atoms with Gasteiger partial charge in [0.05, 0.1) is 23.1 Å². The second kappa shape index (κ2) is 6.13. The standard InChI is InChI=1S/C14H13N5O3S/c1-9(17-14-15-7-12(23-14)19(21)22)8-18-13(20)11-5-3-2-4-10(11)6-16-18/h2-7,9H,8H2,1H3,(H,15,17)/t9-/m1/s1. The molecular weight excluding hydrogens is 318 g/mol. The van der Waals surface area contributed by atoms with Crippen LogP contribution >= 0.6 is 11.3 Å². The van der Waals surface area contributed by atoms with E-state index >= 15 is 0 Å². The molecule has 9 heteroatoms. The van der Waals surface area contributed by atoms with Crippen LogP contribution in [-0.4, -0.2) is 25.7 Å². The Kier molecular flexibility index (Phi) is 4.02. The number of hydrogen-bond donors (Lipinski definition) is 1. The smallest absolute Gasteiger partial charge is 0.345 e. The highest BCUT2D eigenvalue weighted by Gasteiger charge is 2.14. The van der Waals surface area contributed by atoms with Gasteiger partial charge in [-0.25, -0.2) is 9.67 Å². The van der Waals surface area contributed by atoms with Crippen molar-refractivity contribution in [3.05, 3.63) is 57.1 Å². The fourth-order valence-electron chi connectivity index (χ4n) is 2.19. The van der Waals surface area contributed by atoms with Crippen LogP contribution in [0.5, 0.6) is 0 Å². The van der Waals surface area contributed by atoms with Crippen LogP contribution in [0.25, 0.3) is 10.8 Å². The SMILES string of the molecule is C[C@H](Cn1ncc2ccccc2c1=O)Nc1ncc([N+](=O)[O-])s1. The number of fused-ring (bicyclic) bond motifs is 1. The highest BCUT2D eigenvalue weighted by atomic mass is 32.1. The zero-order valence-corrected chi connectivity index (χ0v) is 13.0. The topological polar surface area (TPSA) is 103 Å². The summed E-state index contributed by atoms with van der Waals surface area (Å²) in [5.74, 6) is 0. The summed E-state index contributed by atoms with van der Waals surface area (Å²) in [6.45, 7) is 2.19. The van der Waals surface area contributed by atoms with Crippen molar-refractivity contribution in [2.75, 3.05) is 5.32 Å². The van der Waals surface area contributed by atoms with E-state index in [2.05, 4.69) is 15.4 Å². The van der Waals surface area contributed by atoms with Crippen molar-refractivity contribution in [2.24, 2.45) is 0 Å². The normalized spacial score (nSPS) is 12.2. The molecule has 0 amide bonds. The van der Waals surface area contributed by atoms with E-state index in [1.54, 1.807) is 12.3 Å². The predicted molar refractivity (Wildman–Crippen MR) is 87.9 cm³/mol. The van der Waals surface area contributed by atoms with Gasteiger partial charge in [0.2, 0.25) is 0 Å². The summed E-state index contributed by atoms with van der Waals surface area (Å²) < 4.78 is 1.38. The number of aromatic nitrogens is 3. The van der Waals surface area contributed by atoms with E-state index in [0.717, 1.165) is 16.7 Å². The largest absolute Gasteiger partial charge is 0.357 e. The Balaban J connectivity index is 1.77. The third kappa shape index (κ3) is 3.19. The van der Waals surface area contributed by atoms with Crippen molar-refractivity contribution in [3.63, 3.8) is 0 Å². The van der Waals surface area contributed by atoms with E-state index in [4.69, 9.17) is 0 Å². The second-order valence-electron chi connectivity index (χ2n) is 5.03. The Bertz CT molecular complexity index is 920. The summed E-state index contributed by atoms with van der Waals surface area (Å²) in [5, 5.41) is 19.7. The molecule has 8 nitrogen and oxygen atoms in total. The minimum Gasteiger partial charge on any atom is -0.357 e. The maximum Gasteiger partial charge on any atom is 0.345 e. The summed E-state index contributed by atoms with van der Waals surface area (Å²) in [5.41, 5.74) is -0.165. The van der Waals surface area contributed by atoms with Crippen molar-refractivity contribution >= 4 is 32.2 Å². The minimum absolute atomic E-state index is 0.0271. The molecule has 2 aromatic heterocycles. The Labute approximate surface area is 134 Å². The maximum atomic E-state index is 12.4. The average molecular weight is 331 g/mol. The lowest BCUT2D eigenvalue weighted by molar-refractivity contribution is -0.380. The molecule has 0 saturated heterocycles. The maximum absolute atomic E-state index is 12.4. The summed E-state index contributed by atoms with van der Waals surface area (Å²) in [6, 6.07) is 7.10. The Morgan fingerprint density at radius 1 is 1.39 bits per heavy atom. The molecule has 0 unspecified atom stereocenters. The Morgan fingerprint density at radius 3 is 2.91 bits per heavy atom. The molecule has 0 spiro atoms. The van der Waals surface area contributed by atoms with E-state index in [-0.39, 0.29) is 16.6 Å². The van der Waals surface area contributed by atoms with E-state index < -0.39 is 4.92 Å². The first kappa shape index (κ1) is 15.1. The number of rotatable bonds is 5. The van der Waals surface area contributed by atoms with Gasteiger partial charge in [0.25, 0.3) is 5.56 Å². The first-order valence-corrected chi connectivity index (χ1v) is 7.68. The van der Waals surface area contributed by atoms with Gasteiger partial charge in [0, 0.05) is 11.4 Å². The number of thiazole rings is 1. The molecule has 0 bridgehead atoms. The van der Waals surface area contributed by atoms with Crippen LogP contribution in [0.3, 0.4) is 0 Å². The summed E-state index contributed by atoms with van der Waals surface area (Å²) in [7, 11) is 0. The average Bonchev–Trinajstić information content (AvgIpc) is 2.99. The molecule has 0 fully saturated rings. The lowest BCUT2D eigenvalue weighted by atomic mass is 10.2. The fraction of sp³-hybridized carbons (Fsp3) is 0.214. The summed E-state index contributed by atoms with van der Waals surface area (Å²) in [4.78, 5) is 26.5. The number of anilines is 1. The molecular formula is C14H13N5O3S. The van der Waals surface area contributed by atoms with Crippen LogP contribution in [0.1, 0.15) is 6.92 Å². The van der Waals surface area contributed by atoms with Gasteiger partial charge in [0.15, 0.2) is 5.13 Å². The van der Waals surface area contributed by atoms with Gasteiger partial charge in [-0.2, -0.15) is 5.10 Å². The number of nitro groups is 1. The second-order valence-corrected chi connectivity index (χ2v) is 6.03. The van der Waals surface area contributed by atoms with Crippen molar-refractivity contribution in [1.29, 1.82) is 0 Å². The van der Waals surface area contributed by atoms with Crippen LogP contribution in [-0.2, 0) is 6.54 Å². The number of nitrogens with zero attached hydrogens (tertiary/aromatic N) is 4. The number of nitrogens with one attached hydrogen (secondary N) is 1. The van der Waals surface area contributed by atoms with E-state index in [0.29, 0.717) is 17.1 Å². The van der Waals surface area contributed by atoms with Crippen molar-refractivity contribution in [3.8, 4) is 0 Å². The number of benzene rings is 1. The molecule has 3 rings (SSSR count). The van der Waals surface area contributed by atoms with E-state index in [1.165, 1.54) is 10.9 Å². The zero-order chi connectivity index (χ0) is 16.4. The summed E-state index contributed by atoms with van der Waals surface area (Å²) in [6.07, 6.45) is 2.86. The molecule has 1 N–H and O–H groups in total. The van der Waals surface area contributed by atoms with Gasteiger partial charge in [-0.3, -0.25) is 14.9 Å². The molecule has 0 radical (unpaired) electrons. The monoisotopic (exact) mass is 331 g/mol. The quantitative estimate of drug-likeness (QED) is 0.568. The van der Waals surface area contributed by atoms with Gasteiger partial charge >= 0.3 is 5.00 Å².